The number of hydrogen-bond donors (Lipinski definition) is 4. The minimum absolute atomic E-state index is 0.0361. The maximum absolute atomic E-state index is 13.0. The number of Topliss-reactive ketones (excluding diaryl/α,β-unsaturated/α-hetero) is 1. The molecule has 0 fully saturated rings. The SMILES string of the molecule is Cc1nnc(-c2ccc(F)c([N+](=O)[O-])c2)o1.Cc1nnc(-c2ccc(F)cc2)o1.NCC(=O)c1ccc(F)cc1.O=S(=O)(O)O.O=[N+]([O-])O. The standard InChI is InChI=1S/C9H6FN3O3.C9H7FN2O.C8H8FNO.HNO3.H2O4S/c1-5-11-12-9(16-5)6-2-3-7(10)8(4-6)13(14)15;1-6-11-12-9(13-6)7-2-4-8(10)5-3-7;9-7-3-1-6(2-4-7)8(11)5-10;2-1(3)4;1-5(2,3)4/h2-4H,1H3;2-5H,1H3;1-4H,5,10H2;(H,2,3,4);(H2,1,2,3,4). The summed E-state index contributed by atoms with van der Waals surface area (Å²) in [4.78, 5) is 28.9. The van der Waals surface area contributed by atoms with Gasteiger partial charge in [0, 0.05) is 36.6 Å². The van der Waals surface area contributed by atoms with Crippen LogP contribution in [-0.2, 0) is 10.4 Å². The molecule has 262 valence electrons. The minimum Gasteiger partial charge on any atom is -0.421 e. The lowest BCUT2D eigenvalue weighted by atomic mass is 10.1. The average Bonchev–Trinajstić information content (AvgIpc) is 3.65. The third kappa shape index (κ3) is 16.8. The van der Waals surface area contributed by atoms with Gasteiger partial charge in [-0.05, 0) is 60.7 Å². The molecule has 0 radical (unpaired) electrons. The third-order valence-corrected chi connectivity index (χ3v) is 4.88. The predicted molar refractivity (Wildman–Crippen MR) is 158 cm³/mol. The van der Waals surface area contributed by atoms with E-state index in [1.807, 2.05) is 0 Å². The molecule has 0 aliphatic rings. The summed E-state index contributed by atoms with van der Waals surface area (Å²) < 4.78 is 79.7. The number of hydrogen-bond acceptors (Lipinski definition) is 14. The van der Waals surface area contributed by atoms with Gasteiger partial charge in [0.1, 0.15) is 11.6 Å². The van der Waals surface area contributed by atoms with Crippen molar-refractivity contribution >= 4 is 21.9 Å². The summed E-state index contributed by atoms with van der Waals surface area (Å²) in [6.45, 7) is 3.26. The molecular weight excluding hydrogens is 691 g/mol. The fraction of sp³-hybridized carbons (Fsp3) is 0.115. The van der Waals surface area contributed by atoms with Crippen LogP contribution in [0, 0.1) is 51.5 Å². The molecule has 5 rings (SSSR count). The molecule has 2 heterocycles. The van der Waals surface area contributed by atoms with Crippen LogP contribution in [0.5, 0.6) is 0 Å². The van der Waals surface area contributed by atoms with Crippen molar-refractivity contribution in [1.29, 1.82) is 0 Å². The van der Waals surface area contributed by atoms with Crippen LogP contribution in [0.2, 0.25) is 0 Å². The van der Waals surface area contributed by atoms with E-state index in [0.717, 1.165) is 17.7 Å². The maximum atomic E-state index is 13.0. The monoisotopic (exact) mass is 715 g/mol. The van der Waals surface area contributed by atoms with Crippen molar-refractivity contribution in [2.45, 2.75) is 13.8 Å². The van der Waals surface area contributed by atoms with Crippen LogP contribution in [0.25, 0.3) is 22.9 Å². The van der Waals surface area contributed by atoms with Crippen LogP contribution in [-0.4, -0.2) is 65.5 Å². The van der Waals surface area contributed by atoms with Crippen molar-refractivity contribution in [3.63, 3.8) is 0 Å². The van der Waals surface area contributed by atoms with Crippen LogP contribution in [0.1, 0.15) is 22.1 Å². The summed E-state index contributed by atoms with van der Waals surface area (Å²) in [6.07, 6.45) is 0. The van der Waals surface area contributed by atoms with Crippen molar-refractivity contribution in [2.75, 3.05) is 6.54 Å². The summed E-state index contributed by atoms with van der Waals surface area (Å²) in [7, 11) is -4.67. The first kappa shape index (κ1) is 40.9. The summed E-state index contributed by atoms with van der Waals surface area (Å²) in [5.41, 5.74) is 5.97. The zero-order valence-corrected chi connectivity index (χ0v) is 25.7. The number of carbonyl (C=O) groups is 1. The number of carbonyl (C=O) groups excluding carboxylic acids is 1. The summed E-state index contributed by atoms with van der Waals surface area (Å²) in [6, 6.07) is 14.6. The molecule has 0 spiro atoms. The topological polar surface area (TPSA) is 302 Å². The summed E-state index contributed by atoms with van der Waals surface area (Å²) >= 11 is 0. The Morgan fingerprint density at radius 2 is 1.18 bits per heavy atom. The first-order valence-corrected chi connectivity index (χ1v) is 14.0. The predicted octanol–water partition coefficient (Wildman–Crippen LogP) is 4.24. The smallest absolute Gasteiger partial charge is 0.394 e. The van der Waals surface area contributed by atoms with Gasteiger partial charge in [0.15, 0.2) is 5.78 Å². The second kappa shape index (κ2) is 19.5. The number of nitro benzene ring substituents is 1. The molecule has 0 atom stereocenters. The van der Waals surface area contributed by atoms with E-state index in [0.29, 0.717) is 28.8 Å². The van der Waals surface area contributed by atoms with Crippen LogP contribution in [0.4, 0.5) is 18.9 Å². The Kier molecular flexibility index (Phi) is 16.2. The summed E-state index contributed by atoms with van der Waals surface area (Å²) in [5.74, 6) is -0.326. The van der Waals surface area contributed by atoms with Crippen LogP contribution in [0.15, 0.2) is 75.6 Å². The molecule has 0 aliphatic heterocycles. The zero-order chi connectivity index (χ0) is 37.3. The van der Waals surface area contributed by atoms with E-state index in [1.54, 1.807) is 26.0 Å². The van der Waals surface area contributed by atoms with Crippen LogP contribution in [0.3, 0.4) is 0 Å². The third-order valence-electron chi connectivity index (χ3n) is 4.88. The molecule has 0 aliphatic carbocycles. The second-order valence-electron chi connectivity index (χ2n) is 8.50. The fourth-order valence-electron chi connectivity index (χ4n) is 2.96. The average molecular weight is 716 g/mol. The number of aromatic nitrogens is 4. The van der Waals surface area contributed by atoms with Gasteiger partial charge < -0.3 is 19.8 Å². The van der Waals surface area contributed by atoms with Gasteiger partial charge in [-0.3, -0.25) is 24.0 Å². The molecule has 23 heteroatoms. The molecule has 2 aromatic heterocycles. The van der Waals surface area contributed by atoms with Gasteiger partial charge in [0.25, 0.3) is 5.09 Å². The van der Waals surface area contributed by atoms with E-state index in [-0.39, 0.29) is 29.9 Å². The quantitative estimate of drug-likeness (QED) is 0.0855. The molecule has 0 saturated heterocycles. The van der Waals surface area contributed by atoms with E-state index in [2.05, 4.69) is 20.4 Å². The minimum atomic E-state index is -4.67. The first-order chi connectivity index (χ1) is 22.8. The van der Waals surface area contributed by atoms with E-state index >= 15 is 0 Å². The zero-order valence-electron chi connectivity index (χ0n) is 24.9. The number of halogens is 3. The Hall–Kier alpha value is -6.17. The van der Waals surface area contributed by atoms with Crippen molar-refractivity contribution < 1.29 is 59.5 Å². The summed E-state index contributed by atoms with van der Waals surface area (Å²) in [5, 5.41) is 38.9. The van der Waals surface area contributed by atoms with E-state index in [1.165, 1.54) is 42.5 Å². The van der Waals surface area contributed by atoms with Gasteiger partial charge in [-0.25, -0.2) is 8.78 Å². The van der Waals surface area contributed by atoms with Gasteiger partial charge >= 0.3 is 16.1 Å². The molecule has 3 aromatic carbocycles. The highest BCUT2D eigenvalue weighted by Gasteiger charge is 2.17. The Balaban J connectivity index is 0.000000331. The maximum Gasteiger partial charge on any atom is 0.394 e. The van der Waals surface area contributed by atoms with Gasteiger partial charge in [0.2, 0.25) is 29.4 Å². The van der Waals surface area contributed by atoms with Crippen molar-refractivity contribution in [2.24, 2.45) is 5.73 Å². The molecule has 5 aromatic rings. The van der Waals surface area contributed by atoms with Crippen molar-refractivity contribution in [1.82, 2.24) is 20.4 Å². The van der Waals surface area contributed by atoms with E-state index in [4.69, 9.17) is 47.4 Å². The number of benzene rings is 3. The molecular formula is C26H24F3N7O12S. The Bertz CT molecular complexity index is 1930. The number of aryl methyl sites for hydroxylation is 2. The van der Waals surface area contributed by atoms with Crippen LogP contribution >= 0.6 is 0 Å². The first-order valence-electron chi connectivity index (χ1n) is 12.6. The number of rotatable bonds is 5. The van der Waals surface area contributed by atoms with Gasteiger partial charge in [0.05, 0.1) is 11.5 Å². The lowest BCUT2D eigenvalue weighted by Gasteiger charge is -1.96. The second-order valence-corrected chi connectivity index (χ2v) is 9.40. The fourth-order valence-corrected chi connectivity index (χ4v) is 2.96. The number of ketones is 1. The largest absolute Gasteiger partial charge is 0.421 e. The molecule has 5 N–H and O–H groups in total. The highest BCUT2D eigenvalue weighted by atomic mass is 32.3. The Labute approximate surface area is 272 Å². The molecule has 49 heavy (non-hydrogen) atoms. The highest BCUT2D eigenvalue weighted by molar-refractivity contribution is 7.79. The molecule has 0 saturated carbocycles. The normalized spacial score (nSPS) is 9.96. The lowest BCUT2D eigenvalue weighted by molar-refractivity contribution is -0.742. The van der Waals surface area contributed by atoms with E-state index < -0.39 is 31.9 Å². The van der Waals surface area contributed by atoms with Crippen LogP contribution < -0.4 is 5.73 Å². The molecule has 19 nitrogen and oxygen atoms in total. The lowest BCUT2D eigenvalue weighted by Crippen LogP contribution is -2.13. The van der Waals surface area contributed by atoms with Gasteiger partial charge in [-0.15, -0.1) is 30.5 Å². The van der Waals surface area contributed by atoms with Crippen molar-refractivity contribution in [3.8, 4) is 22.9 Å². The number of nitrogens with zero attached hydrogens (tertiary/aromatic N) is 6. The Morgan fingerprint density at radius 3 is 1.55 bits per heavy atom. The number of nitrogens with two attached hydrogens (primary N) is 1. The highest BCUT2D eigenvalue weighted by Crippen LogP contribution is 2.25. The number of nitro groups is 1. The molecule has 0 amide bonds. The molecule has 0 bridgehead atoms. The Morgan fingerprint density at radius 1 is 0.796 bits per heavy atom. The van der Waals surface area contributed by atoms with Gasteiger partial charge in [-0.1, -0.05) is 0 Å². The van der Waals surface area contributed by atoms with Gasteiger partial charge in [-0.2, -0.15) is 12.8 Å². The molecule has 0 unspecified atom stereocenters. The van der Waals surface area contributed by atoms with Crippen molar-refractivity contribution in [3.05, 3.63) is 122 Å². The van der Waals surface area contributed by atoms with E-state index in [9.17, 15) is 28.1 Å².